The molecule has 0 aromatic carbocycles. The molecule has 1 fully saturated rings. The van der Waals surface area contributed by atoms with E-state index in [1.165, 1.54) is 0 Å². The van der Waals surface area contributed by atoms with Gasteiger partial charge in [0, 0.05) is 12.0 Å². The summed E-state index contributed by atoms with van der Waals surface area (Å²) in [5.41, 5.74) is -0.818. The predicted octanol–water partition coefficient (Wildman–Crippen LogP) is 2.67. The van der Waals surface area contributed by atoms with Gasteiger partial charge in [0.05, 0.1) is 12.9 Å². The molecule has 0 amide bonds. The number of allylic oxidation sites excluding steroid dienone is 1. The van der Waals surface area contributed by atoms with Crippen molar-refractivity contribution in [2.75, 3.05) is 19.5 Å². The zero-order valence-corrected chi connectivity index (χ0v) is 16.8. The summed E-state index contributed by atoms with van der Waals surface area (Å²) >= 11 is 0. The Bertz CT molecular complexity index is 568. The van der Waals surface area contributed by atoms with Gasteiger partial charge in [-0.2, -0.15) is 8.42 Å². The molecule has 1 saturated heterocycles. The summed E-state index contributed by atoms with van der Waals surface area (Å²) in [7, 11) is -3.67. The highest BCUT2D eigenvalue weighted by Crippen LogP contribution is 2.33. The molecule has 1 aliphatic rings. The largest absolute Gasteiger partial charge is 0.450 e. The van der Waals surface area contributed by atoms with Gasteiger partial charge < -0.3 is 9.84 Å². The molecule has 1 rings (SSSR count). The Hall–Kier alpha value is -0.920. The molecule has 0 aliphatic carbocycles. The summed E-state index contributed by atoms with van der Waals surface area (Å²) in [6, 6.07) is 0. The normalized spacial score (nSPS) is 23.2. The van der Waals surface area contributed by atoms with E-state index >= 15 is 0 Å². The summed E-state index contributed by atoms with van der Waals surface area (Å²) < 4.78 is 32.3. The second-order valence-electron chi connectivity index (χ2n) is 7.96. The van der Waals surface area contributed by atoms with Gasteiger partial charge in [-0.05, 0) is 37.0 Å². The maximum atomic E-state index is 12.1. The Morgan fingerprint density at radius 2 is 1.80 bits per heavy atom. The van der Waals surface area contributed by atoms with E-state index < -0.39 is 28.3 Å². The fraction of sp³-hybridized carbons (Fsp3) is 0.833. The molecule has 0 aromatic heterocycles. The Morgan fingerprint density at radius 3 is 2.24 bits per heavy atom. The van der Waals surface area contributed by atoms with E-state index in [1.807, 2.05) is 6.08 Å². The molecule has 1 heterocycles. The van der Waals surface area contributed by atoms with Gasteiger partial charge >= 0.3 is 5.97 Å². The van der Waals surface area contributed by atoms with Crippen LogP contribution in [0.4, 0.5) is 0 Å². The Labute approximate surface area is 151 Å². The number of hydrogen-bond donors (Lipinski definition) is 1. The molecule has 0 bridgehead atoms. The summed E-state index contributed by atoms with van der Waals surface area (Å²) in [4.78, 5) is 12.1. The van der Waals surface area contributed by atoms with Crippen LogP contribution in [0, 0.1) is 17.8 Å². The monoisotopic (exact) mass is 376 g/mol. The zero-order valence-electron chi connectivity index (χ0n) is 15.9. The molecule has 6 nitrogen and oxygen atoms in total. The maximum Gasteiger partial charge on any atom is 0.334 e. The lowest BCUT2D eigenvalue weighted by Gasteiger charge is -2.23. The van der Waals surface area contributed by atoms with Crippen LogP contribution in [0.3, 0.4) is 0 Å². The van der Waals surface area contributed by atoms with Crippen LogP contribution in [0.15, 0.2) is 11.6 Å². The van der Waals surface area contributed by atoms with E-state index in [-0.39, 0.29) is 13.0 Å². The van der Waals surface area contributed by atoms with Crippen LogP contribution in [-0.4, -0.2) is 44.6 Å². The van der Waals surface area contributed by atoms with E-state index in [2.05, 4.69) is 27.7 Å². The van der Waals surface area contributed by atoms with Crippen molar-refractivity contribution in [1.82, 2.24) is 0 Å². The minimum absolute atomic E-state index is 0.161. The average molecular weight is 377 g/mol. The van der Waals surface area contributed by atoms with Crippen LogP contribution in [0.2, 0.25) is 0 Å². The topological polar surface area (TPSA) is 89.9 Å². The second-order valence-corrected chi connectivity index (χ2v) is 9.61. The Balaban J connectivity index is 2.79. The van der Waals surface area contributed by atoms with Crippen LogP contribution in [0.1, 0.15) is 53.4 Å². The van der Waals surface area contributed by atoms with Crippen LogP contribution >= 0.6 is 0 Å². The molecule has 7 heteroatoms. The smallest absolute Gasteiger partial charge is 0.334 e. The van der Waals surface area contributed by atoms with E-state index in [9.17, 15) is 18.3 Å². The minimum Gasteiger partial charge on any atom is -0.450 e. The Morgan fingerprint density at radius 1 is 1.24 bits per heavy atom. The molecular weight excluding hydrogens is 344 g/mol. The van der Waals surface area contributed by atoms with Gasteiger partial charge in [-0.3, -0.25) is 4.18 Å². The summed E-state index contributed by atoms with van der Waals surface area (Å²) in [5.74, 6) is 1.14. The molecule has 0 saturated carbocycles. The third kappa shape index (κ3) is 7.88. The lowest BCUT2D eigenvalue weighted by atomic mass is 9.86. The molecule has 146 valence electrons. The second kappa shape index (κ2) is 9.14. The highest BCUT2D eigenvalue weighted by atomic mass is 32.2. The van der Waals surface area contributed by atoms with E-state index in [1.54, 1.807) is 0 Å². The highest BCUT2D eigenvalue weighted by Gasteiger charge is 2.44. The highest BCUT2D eigenvalue weighted by molar-refractivity contribution is 7.85. The Kier molecular flexibility index (Phi) is 8.09. The first-order valence-electron chi connectivity index (χ1n) is 8.84. The molecular formula is C18H32O6S. The van der Waals surface area contributed by atoms with Crippen molar-refractivity contribution in [3.63, 3.8) is 0 Å². The van der Waals surface area contributed by atoms with Crippen LogP contribution in [0.5, 0.6) is 0 Å². The first-order chi connectivity index (χ1) is 11.5. The van der Waals surface area contributed by atoms with E-state index in [4.69, 9.17) is 8.92 Å². The number of cyclic esters (lactones) is 1. The fourth-order valence-electron chi connectivity index (χ4n) is 3.23. The van der Waals surface area contributed by atoms with E-state index in [0.29, 0.717) is 23.3 Å². The lowest BCUT2D eigenvalue weighted by Crippen LogP contribution is -2.39. The number of hydrogen-bond acceptors (Lipinski definition) is 6. The zero-order chi connectivity index (χ0) is 19.3. The van der Waals surface area contributed by atoms with Crippen molar-refractivity contribution >= 4 is 16.1 Å². The van der Waals surface area contributed by atoms with Gasteiger partial charge in [0.15, 0.2) is 5.60 Å². The number of esters is 1. The molecule has 1 atom stereocenters. The molecule has 25 heavy (non-hydrogen) atoms. The average Bonchev–Trinajstić information content (AvgIpc) is 2.78. The van der Waals surface area contributed by atoms with Crippen molar-refractivity contribution < 1.29 is 27.2 Å². The quantitative estimate of drug-likeness (QED) is 0.358. The first-order valence-corrected chi connectivity index (χ1v) is 10.7. The fourth-order valence-corrected chi connectivity index (χ4v) is 3.66. The van der Waals surface area contributed by atoms with Crippen molar-refractivity contribution in [1.29, 1.82) is 0 Å². The number of aliphatic hydroxyl groups is 1. The number of aliphatic hydroxyl groups excluding tert-OH is 1. The van der Waals surface area contributed by atoms with Crippen LogP contribution in [-0.2, 0) is 23.8 Å². The van der Waals surface area contributed by atoms with Gasteiger partial charge in [-0.15, -0.1) is 0 Å². The summed E-state index contributed by atoms with van der Waals surface area (Å²) in [6.45, 7) is 7.89. The number of rotatable bonds is 10. The van der Waals surface area contributed by atoms with Crippen molar-refractivity contribution in [3.05, 3.63) is 11.6 Å². The van der Waals surface area contributed by atoms with Crippen LogP contribution in [0.25, 0.3) is 0 Å². The minimum atomic E-state index is -3.67. The molecule has 0 spiro atoms. The molecule has 1 unspecified atom stereocenters. The summed E-state index contributed by atoms with van der Waals surface area (Å²) in [5, 5.41) is 9.58. The number of carbonyl (C=O) groups is 1. The number of carbonyl (C=O) groups excluding carboxylic acids is 1. The first kappa shape index (κ1) is 22.1. The van der Waals surface area contributed by atoms with Crippen molar-refractivity contribution in [2.24, 2.45) is 17.8 Å². The lowest BCUT2D eigenvalue weighted by molar-refractivity contribution is -0.153. The molecule has 0 aromatic rings. The summed E-state index contributed by atoms with van der Waals surface area (Å²) in [6.07, 6.45) is 5.91. The van der Waals surface area contributed by atoms with Crippen molar-refractivity contribution in [3.8, 4) is 0 Å². The third-order valence-electron chi connectivity index (χ3n) is 4.22. The van der Waals surface area contributed by atoms with Crippen LogP contribution < -0.4 is 0 Å². The molecule has 0 radical (unpaired) electrons. The molecule has 1 aliphatic heterocycles. The van der Waals surface area contributed by atoms with Gasteiger partial charge in [-0.25, -0.2) is 4.79 Å². The standard InChI is InChI=1S/C18H32O6S/c1-13(2)8-15(9-14(3)4)6-7-16-10-18(11-19,24-17(16)20)12-23-25(5,21)22/h7,13-15,19H,6,8-12H2,1-5H3/b16-7-. The van der Waals surface area contributed by atoms with Gasteiger partial charge in [0.25, 0.3) is 10.1 Å². The third-order valence-corrected chi connectivity index (χ3v) is 4.76. The SMILES string of the molecule is CC(C)CC(C/C=C1/CC(CO)(COS(C)(=O)=O)OC1=O)CC(C)C. The van der Waals surface area contributed by atoms with Gasteiger partial charge in [-0.1, -0.05) is 33.8 Å². The van der Waals surface area contributed by atoms with Gasteiger partial charge in [0.1, 0.15) is 6.61 Å². The predicted molar refractivity (Wildman–Crippen MR) is 96.4 cm³/mol. The van der Waals surface area contributed by atoms with E-state index in [0.717, 1.165) is 25.5 Å². The maximum absolute atomic E-state index is 12.1. The van der Waals surface area contributed by atoms with Crippen molar-refractivity contribution in [2.45, 2.75) is 59.0 Å². The number of ether oxygens (including phenoxy) is 1. The molecule has 1 N–H and O–H groups in total. The van der Waals surface area contributed by atoms with Gasteiger partial charge in [0.2, 0.25) is 0 Å².